The molecule has 1 aliphatic heterocycles. The molecule has 1 heterocycles. The van der Waals surface area contributed by atoms with Crippen LogP contribution >= 0.6 is 39.9 Å². The Labute approximate surface area is 163 Å². The number of carboxylic acid groups (broad SMARTS) is 1. The van der Waals surface area contributed by atoms with Crippen LogP contribution in [0, 0.1) is 0 Å². The second-order valence-electron chi connectivity index (χ2n) is 5.04. The van der Waals surface area contributed by atoms with E-state index in [2.05, 4.69) is 15.9 Å². The molecule has 2 rings (SSSR count). The minimum atomic E-state index is -1.11. The van der Waals surface area contributed by atoms with Crippen molar-refractivity contribution in [2.24, 2.45) is 0 Å². The van der Waals surface area contributed by atoms with Gasteiger partial charge in [-0.15, -0.1) is 0 Å². The lowest BCUT2D eigenvalue weighted by Gasteiger charge is -2.13. The number of hydrogen-bond acceptors (Lipinski definition) is 6. The highest BCUT2D eigenvalue weighted by atomic mass is 79.9. The van der Waals surface area contributed by atoms with Crippen LogP contribution in [0.4, 0.5) is 0 Å². The van der Waals surface area contributed by atoms with Gasteiger partial charge in [-0.2, -0.15) is 0 Å². The summed E-state index contributed by atoms with van der Waals surface area (Å²) in [5.41, 5.74) is 0.711. The molecule has 0 radical (unpaired) electrons. The summed E-state index contributed by atoms with van der Waals surface area (Å²) in [6.45, 7) is 2.12. The average molecular weight is 446 g/mol. The number of carboxylic acids is 1. The number of ether oxygens (including phenoxy) is 2. The molecule has 0 bridgehead atoms. The molecule has 1 aliphatic rings. The van der Waals surface area contributed by atoms with Gasteiger partial charge in [-0.3, -0.25) is 14.5 Å². The molecule has 6 nitrogen and oxygen atoms in total. The van der Waals surface area contributed by atoms with Gasteiger partial charge in [0, 0.05) is 0 Å². The van der Waals surface area contributed by atoms with Crippen molar-refractivity contribution in [3.05, 3.63) is 27.1 Å². The Bertz CT molecular complexity index is 750. The van der Waals surface area contributed by atoms with Crippen molar-refractivity contribution < 1.29 is 24.2 Å². The van der Waals surface area contributed by atoms with Crippen molar-refractivity contribution >= 4 is 62.2 Å². The molecule has 0 saturated carbocycles. The van der Waals surface area contributed by atoms with Gasteiger partial charge in [0.05, 0.1) is 23.1 Å². The van der Waals surface area contributed by atoms with Gasteiger partial charge < -0.3 is 14.6 Å². The van der Waals surface area contributed by atoms with E-state index in [-0.39, 0.29) is 4.32 Å². The molecule has 1 fully saturated rings. The maximum Gasteiger partial charge on any atom is 0.323 e. The Kier molecular flexibility index (Phi) is 6.86. The van der Waals surface area contributed by atoms with Crippen LogP contribution in [-0.4, -0.2) is 46.5 Å². The van der Waals surface area contributed by atoms with E-state index in [1.54, 1.807) is 18.2 Å². The molecule has 25 heavy (non-hydrogen) atoms. The average Bonchev–Trinajstić information content (AvgIpc) is 2.80. The van der Waals surface area contributed by atoms with Gasteiger partial charge in [-0.1, -0.05) is 30.9 Å². The highest BCUT2D eigenvalue weighted by Crippen LogP contribution is 2.39. The Balaban J connectivity index is 2.32. The van der Waals surface area contributed by atoms with Crippen molar-refractivity contribution in [3.8, 4) is 11.5 Å². The van der Waals surface area contributed by atoms with E-state index in [1.165, 1.54) is 7.11 Å². The summed E-state index contributed by atoms with van der Waals surface area (Å²) in [4.78, 5) is 24.6. The van der Waals surface area contributed by atoms with Crippen molar-refractivity contribution in [1.82, 2.24) is 4.90 Å². The van der Waals surface area contributed by atoms with E-state index >= 15 is 0 Å². The molecular formula is C16H16BrNO5S2. The van der Waals surface area contributed by atoms with Crippen LogP contribution < -0.4 is 9.47 Å². The highest BCUT2D eigenvalue weighted by Gasteiger charge is 2.33. The molecule has 1 aromatic carbocycles. The summed E-state index contributed by atoms with van der Waals surface area (Å²) in [5, 5.41) is 8.87. The van der Waals surface area contributed by atoms with Gasteiger partial charge in [0.15, 0.2) is 11.5 Å². The highest BCUT2D eigenvalue weighted by molar-refractivity contribution is 9.10. The number of thioether (sulfide) groups is 1. The van der Waals surface area contributed by atoms with Gasteiger partial charge in [-0.25, -0.2) is 0 Å². The standard InChI is InChI=1S/C16H16BrNO5S2/c1-3-4-23-14-10(17)5-9(6-11(14)22-2)7-12-15(21)18(8-13(19)20)16(24)25-12/h5-7H,3-4,8H2,1-2H3,(H,19,20)/b12-7-. The van der Waals surface area contributed by atoms with Crippen LogP contribution in [-0.2, 0) is 9.59 Å². The number of benzene rings is 1. The molecule has 9 heteroatoms. The summed E-state index contributed by atoms with van der Waals surface area (Å²) in [6, 6.07) is 3.55. The van der Waals surface area contributed by atoms with Crippen molar-refractivity contribution in [3.63, 3.8) is 0 Å². The number of carbonyl (C=O) groups excluding carboxylic acids is 1. The first-order chi connectivity index (χ1) is 11.9. The summed E-state index contributed by atoms with van der Waals surface area (Å²) in [6.07, 6.45) is 2.52. The van der Waals surface area contributed by atoms with Gasteiger partial charge in [0.2, 0.25) is 0 Å². The monoisotopic (exact) mass is 445 g/mol. The smallest absolute Gasteiger partial charge is 0.323 e. The fourth-order valence-electron chi connectivity index (χ4n) is 2.09. The zero-order chi connectivity index (χ0) is 18.6. The molecule has 1 aromatic rings. The molecule has 0 spiro atoms. The SMILES string of the molecule is CCCOc1c(Br)cc(/C=C2\SC(=S)N(CC(=O)O)C2=O)cc1OC. The van der Waals surface area contributed by atoms with E-state index in [1.807, 2.05) is 6.92 Å². The molecule has 0 aliphatic carbocycles. The first kappa shape index (κ1) is 19.7. The lowest BCUT2D eigenvalue weighted by molar-refractivity contribution is -0.140. The Morgan fingerprint density at radius 3 is 2.80 bits per heavy atom. The third-order valence-electron chi connectivity index (χ3n) is 3.17. The molecule has 1 amide bonds. The third kappa shape index (κ3) is 4.74. The number of rotatable bonds is 7. The number of methoxy groups -OCH3 is 1. The second-order valence-corrected chi connectivity index (χ2v) is 7.57. The first-order valence-corrected chi connectivity index (χ1v) is 9.36. The van der Waals surface area contributed by atoms with Crippen molar-refractivity contribution in [2.75, 3.05) is 20.3 Å². The lowest BCUT2D eigenvalue weighted by Crippen LogP contribution is -2.33. The largest absolute Gasteiger partial charge is 0.493 e. The van der Waals surface area contributed by atoms with Crippen LogP contribution in [0.25, 0.3) is 6.08 Å². The number of hydrogen-bond donors (Lipinski definition) is 1. The van der Waals surface area contributed by atoms with Gasteiger partial charge in [-0.05, 0) is 46.1 Å². The summed E-state index contributed by atoms with van der Waals surface area (Å²) in [5.74, 6) is -0.395. The van der Waals surface area contributed by atoms with E-state index < -0.39 is 18.4 Å². The number of thiocarbonyl (C=S) groups is 1. The summed E-state index contributed by atoms with van der Waals surface area (Å²) >= 11 is 9.61. The number of carbonyl (C=O) groups is 2. The molecule has 0 atom stereocenters. The van der Waals surface area contributed by atoms with Crippen LogP contribution in [0.3, 0.4) is 0 Å². The van der Waals surface area contributed by atoms with Gasteiger partial charge in [0.25, 0.3) is 5.91 Å². The zero-order valence-electron chi connectivity index (χ0n) is 13.6. The fourth-order valence-corrected chi connectivity index (χ4v) is 3.92. The Hall–Kier alpha value is -1.58. The topological polar surface area (TPSA) is 76.1 Å². The quantitative estimate of drug-likeness (QED) is 0.507. The van der Waals surface area contributed by atoms with Crippen molar-refractivity contribution in [1.29, 1.82) is 0 Å². The van der Waals surface area contributed by atoms with Crippen LogP contribution in [0.2, 0.25) is 0 Å². The number of amides is 1. The normalized spacial score (nSPS) is 15.8. The van der Waals surface area contributed by atoms with E-state index in [4.69, 9.17) is 26.8 Å². The summed E-state index contributed by atoms with van der Waals surface area (Å²) in [7, 11) is 1.54. The minimum Gasteiger partial charge on any atom is -0.493 e. The third-order valence-corrected chi connectivity index (χ3v) is 5.13. The molecular weight excluding hydrogens is 430 g/mol. The predicted octanol–water partition coefficient (Wildman–Crippen LogP) is 3.53. The molecule has 1 saturated heterocycles. The maximum atomic E-state index is 12.3. The van der Waals surface area contributed by atoms with E-state index in [0.29, 0.717) is 33.0 Å². The first-order valence-electron chi connectivity index (χ1n) is 7.34. The zero-order valence-corrected chi connectivity index (χ0v) is 16.8. The van der Waals surface area contributed by atoms with Gasteiger partial charge in [0.1, 0.15) is 10.9 Å². The minimum absolute atomic E-state index is 0.229. The molecule has 0 aromatic heterocycles. The number of aliphatic carboxylic acids is 1. The van der Waals surface area contributed by atoms with Crippen LogP contribution in [0.15, 0.2) is 21.5 Å². The van der Waals surface area contributed by atoms with Crippen LogP contribution in [0.5, 0.6) is 11.5 Å². The Morgan fingerprint density at radius 1 is 1.48 bits per heavy atom. The predicted molar refractivity (Wildman–Crippen MR) is 104 cm³/mol. The maximum absolute atomic E-state index is 12.3. The number of nitrogens with zero attached hydrogens (tertiary/aromatic N) is 1. The summed E-state index contributed by atoms with van der Waals surface area (Å²) < 4.78 is 12.0. The fraction of sp³-hybridized carbons (Fsp3) is 0.312. The lowest BCUT2D eigenvalue weighted by atomic mass is 10.2. The molecule has 0 unspecified atom stereocenters. The molecule has 1 N–H and O–H groups in total. The number of halogens is 1. The van der Waals surface area contributed by atoms with E-state index in [0.717, 1.165) is 23.1 Å². The molecule has 134 valence electrons. The van der Waals surface area contributed by atoms with Crippen molar-refractivity contribution in [2.45, 2.75) is 13.3 Å². The van der Waals surface area contributed by atoms with E-state index in [9.17, 15) is 9.59 Å². The Morgan fingerprint density at radius 2 is 2.20 bits per heavy atom. The van der Waals surface area contributed by atoms with Gasteiger partial charge >= 0.3 is 5.97 Å². The second kappa shape index (κ2) is 8.68. The van der Waals surface area contributed by atoms with Crippen LogP contribution in [0.1, 0.15) is 18.9 Å².